The molecule has 0 aromatic heterocycles. The van der Waals surface area contributed by atoms with Crippen LogP contribution in [0.25, 0.3) is 0 Å². The molecule has 1 heterocycles. The molecule has 1 N–H and O–H groups in total. The normalized spacial score (nSPS) is 19.4. The zero-order chi connectivity index (χ0) is 14.2. The summed E-state index contributed by atoms with van der Waals surface area (Å²) in [5.74, 6) is 0.978. The average molecular weight is 288 g/mol. The Bertz CT molecular complexity index is 607. The lowest BCUT2D eigenvalue weighted by atomic mass is 9.94. The third kappa shape index (κ3) is 2.54. The van der Waals surface area contributed by atoms with Gasteiger partial charge in [0.15, 0.2) is 0 Å². The summed E-state index contributed by atoms with van der Waals surface area (Å²) in [4.78, 5) is 0. The molecule has 20 heavy (non-hydrogen) atoms. The number of rotatable bonds is 3. The van der Waals surface area contributed by atoms with Crippen molar-refractivity contribution in [1.29, 1.82) is 0 Å². The SMILES string of the molecule is CC1(C)Oc2ccccc2C1NCc1ccc(Cl)cc1. The van der Waals surface area contributed by atoms with Gasteiger partial charge < -0.3 is 10.1 Å². The predicted octanol–water partition coefficient (Wildman–Crippen LogP) is 4.34. The molecule has 0 radical (unpaired) electrons. The second kappa shape index (κ2) is 5.12. The zero-order valence-electron chi connectivity index (χ0n) is 11.7. The van der Waals surface area contributed by atoms with Gasteiger partial charge in [0.2, 0.25) is 0 Å². The van der Waals surface area contributed by atoms with E-state index in [1.165, 1.54) is 11.1 Å². The van der Waals surface area contributed by atoms with Gasteiger partial charge in [-0.05, 0) is 37.6 Å². The van der Waals surface area contributed by atoms with Crippen molar-refractivity contribution in [3.63, 3.8) is 0 Å². The van der Waals surface area contributed by atoms with Gasteiger partial charge >= 0.3 is 0 Å². The number of hydrogen-bond donors (Lipinski definition) is 1. The first-order valence-electron chi connectivity index (χ1n) is 6.82. The molecule has 2 aromatic carbocycles. The molecule has 1 aliphatic rings. The minimum Gasteiger partial charge on any atom is -0.486 e. The van der Waals surface area contributed by atoms with Gasteiger partial charge in [0.1, 0.15) is 11.4 Å². The van der Waals surface area contributed by atoms with Gasteiger partial charge in [0.05, 0.1) is 6.04 Å². The Hall–Kier alpha value is -1.51. The van der Waals surface area contributed by atoms with Gasteiger partial charge in [0.25, 0.3) is 0 Å². The third-order valence-electron chi connectivity index (χ3n) is 3.72. The fourth-order valence-corrected chi connectivity index (χ4v) is 2.83. The van der Waals surface area contributed by atoms with E-state index in [-0.39, 0.29) is 11.6 Å². The molecule has 0 amide bonds. The summed E-state index contributed by atoms with van der Waals surface area (Å²) in [6.45, 7) is 5.03. The van der Waals surface area contributed by atoms with Crippen LogP contribution >= 0.6 is 11.6 Å². The maximum absolute atomic E-state index is 6.03. The first-order valence-corrected chi connectivity index (χ1v) is 7.20. The zero-order valence-corrected chi connectivity index (χ0v) is 12.4. The Labute approximate surface area is 124 Å². The molecular formula is C17H18ClNO. The van der Waals surface area contributed by atoms with Crippen LogP contribution in [-0.2, 0) is 6.54 Å². The number of hydrogen-bond acceptors (Lipinski definition) is 2. The number of para-hydroxylation sites is 1. The first kappa shape index (κ1) is 13.5. The third-order valence-corrected chi connectivity index (χ3v) is 3.97. The molecular weight excluding hydrogens is 270 g/mol. The summed E-state index contributed by atoms with van der Waals surface area (Å²) in [6, 6.07) is 16.3. The van der Waals surface area contributed by atoms with E-state index in [0.29, 0.717) is 0 Å². The summed E-state index contributed by atoms with van der Waals surface area (Å²) in [6.07, 6.45) is 0. The van der Waals surface area contributed by atoms with Crippen molar-refractivity contribution in [1.82, 2.24) is 5.32 Å². The fourth-order valence-electron chi connectivity index (χ4n) is 2.71. The van der Waals surface area contributed by atoms with E-state index in [4.69, 9.17) is 16.3 Å². The van der Waals surface area contributed by atoms with Gasteiger partial charge in [-0.1, -0.05) is 41.9 Å². The lowest BCUT2D eigenvalue weighted by Crippen LogP contribution is -2.38. The van der Waals surface area contributed by atoms with Crippen molar-refractivity contribution < 1.29 is 4.74 Å². The van der Waals surface area contributed by atoms with Crippen LogP contribution < -0.4 is 10.1 Å². The van der Waals surface area contributed by atoms with Crippen molar-refractivity contribution in [2.45, 2.75) is 32.0 Å². The Morgan fingerprint density at radius 1 is 1.10 bits per heavy atom. The number of ether oxygens (including phenoxy) is 1. The first-order chi connectivity index (χ1) is 9.56. The second-order valence-corrected chi connectivity index (χ2v) is 6.12. The smallest absolute Gasteiger partial charge is 0.125 e. The molecule has 0 spiro atoms. The Kier molecular flexibility index (Phi) is 3.45. The lowest BCUT2D eigenvalue weighted by molar-refractivity contribution is 0.0958. The van der Waals surface area contributed by atoms with E-state index in [1.807, 2.05) is 36.4 Å². The van der Waals surface area contributed by atoms with Gasteiger partial charge in [-0.2, -0.15) is 0 Å². The molecule has 3 rings (SSSR count). The van der Waals surface area contributed by atoms with Crippen LogP contribution in [0, 0.1) is 0 Å². The topological polar surface area (TPSA) is 21.3 Å². The number of nitrogens with one attached hydrogen (secondary N) is 1. The van der Waals surface area contributed by atoms with Crippen LogP contribution in [0.3, 0.4) is 0 Å². The molecule has 0 saturated heterocycles. The number of fused-ring (bicyclic) bond motifs is 1. The summed E-state index contributed by atoms with van der Waals surface area (Å²) in [5.41, 5.74) is 2.21. The van der Waals surface area contributed by atoms with E-state index < -0.39 is 0 Å². The Balaban J connectivity index is 1.78. The molecule has 2 aromatic rings. The highest BCUT2D eigenvalue weighted by atomic mass is 35.5. The van der Waals surface area contributed by atoms with E-state index in [2.05, 4.69) is 31.3 Å². The van der Waals surface area contributed by atoms with Crippen LogP contribution in [0.15, 0.2) is 48.5 Å². The molecule has 0 saturated carbocycles. The van der Waals surface area contributed by atoms with E-state index in [1.54, 1.807) is 0 Å². The summed E-state index contributed by atoms with van der Waals surface area (Å²) in [7, 11) is 0. The summed E-state index contributed by atoms with van der Waals surface area (Å²) < 4.78 is 6.03. The van der Waals surface area contributed by atoms with Gasteiger partial charge in [-0.3, -0.25) is 0 Å². The van der Waals surface area contributed by atoms with Crippen LogP contribution in [0.1, 0.15) is 31.0 Å². The standard InChI is InChI=1S/C17H18ClNO/c1-17(2)16(14-5-3-4-6-15(14)20-17)19-11-12-7-9-13(18)10-8-12/h3-10,16,19H,11H2,1-2H3. The fraction of sp³-hybridized carbons (Fsp3) is 0.294. The van der Waals surface area contributed by atoms with Crippen molar-refractivity contribution >= 4 is 11.6 Å². The average Bonchev–Trinajstić information content (AvgIpc) is 2.68. The van der Waals surface area contributed by atoms with Crippen molar-refractivity contribution in [2.75, 3.05) is 0 Å². The van der Waals surface area contributed by atoms with Crippen molar-refractivity contribution in [3.05, 3.63) is 64.7 Å². The van der Waals surface area contributed by atoms with E-state index in [0.717, 1.165) is 17.3 Å². The maximum Gasteiger partial charge on any atom is 0.125 e. The van der Waals surface area contributed by atoms with Gasteiger partial charge in [-0.25, -0.2) is 0 Å². The Morgan fingerprint density at radius 3 is 2.55 bits per heavy atom. The molecule has 3 heteroatoms. The molecule has 1 atom stereocenters. The molecule has 1 aliphatic heterocycles. The van der Waals surface area contributed by atoms with E-state index >= 15 is 0 Å². The minimum atomic E-state index is -0.240. The van der Waals surface area contributed by atoms with Crippen LogP contribution in [0.2, 0.25) is 5.02 Å². The molecule has 104 valence electrons. The lowest BCUT2D eigenvalue weighted by Gasteiger charge is -2.27. The monoisotopic (exact) mass is 287 g/mol. The van der Waals surface area contributed by atoms with Crippen molar-refractivity contribution in [2.24, 2.45) is 0 Å². The Morgan fingerprint density at radius 2 is 1.80 bits per heavy atom. The van der Waals surface area contributed by atoms with Crippen LogP contribution in [0.5, 0.6) is 5.75 Å². The highest BCUT2D eigenvalue weighted by molar-refractivity contribution is 6.30. The second-order valence-electron chi connectivity index (χ2n) is 5.68. The van der Waals surface area contributed by atoms with Crippen LogP contribution in [-0.4, -0.2) is 5.60 Å². The van der Waals surface area contributed by atoms with E-state index in [9.17, 15) is 0 Å². The minimum absolute atomic E-state index is 0.189. The van der Waals surface area contributed by atoms with Crippen molar-refractivity contribution in [3.8, 4) is 5.75 Å². The summed E-state index contributed by atoms with van der Waals surface area (Å²) >= 11 is 5.91. The predicted molar refractivity (Wildman–Crippen MR) is 82.2 cm³/mol. The number of benzene rings is 2. The molecule has 0 bridgehead atoms. The number of halogens is 1. The quantitative estimate of drug-likeness (QED) is 0.906. The molecule has 0 fully saturated rings. The highest BCUT2D eigenvalue weighted by Gasteiger charge is 2.40. The molecule has 2 nitrogen and oxygen atoms in total. The summed E-state index contributed by atoms with van der Waals surface area (Å²) in [5, 5.41) is 4.36. The largest absolute Gasteiger partial charge is 0.486 e. The maximum atomic E-state index is 6.03. The highest BCUT2D eigenvalue weighted by Crippen LogP contribution is 2.42. The molecule has 1 unspecified atom stereocenters. The van der Waals surface area contributed by atoms with Gasteiger partial charge in [0, 0.05) is 17.1 Å². The van der Waals surface area contributed by atoms with Crippen LogP contribution in [0.4, 0.5) is 0 Å². The van der Waals surface area contributed by atoms with Gasteiger partial charge in [-0.15, -0.1) is 0 Å². The molecule has 0 aliphatic carbocycles.